The maximum absolute atomic E-state index is 11.1. The second-order valence-corrected chi connectivity index (χ2v) is 4.99. The molecule has 88 valence electrons. The van der Waals surface area contributed by atoms with E-state index in [1.165, 1.54) is 18.1 Å². The van der Waals surface area contributed by atoms with Crippen molar-refractivity contribution in [1.29, 1.82) is 0 Å². The van der Waals surface area contributed by atoms with Gasteiger partial charge in [-0.2, -0.15) is 0 Å². The van der Waals surface area contributed by atoms with Crippen molar-refractivity contribution < 1.29 is 14.3 Å². The summed E-state index contributed by atoms with van der Waals surface area (Å²) in [5.41, 5.74) is 2.78. The van der Waals surface area contributed by atoms with Gasteiger partial charge in [0.1, 0.15) is 6.29 Å². The van der Waals surface area contributed by atoms with Crippen LogP contribution in [0.1, 0.15) is 27.2 Å². The Kier molecular flexibility index (Phi) is 2.87. The van der Waals surface area contributed by atoms with Crippen molar-refractivity contribution in [2.75, 3.05) is 6.61 Å². The van der Waals surface area contributed by atoms with E-state index in [1.54, 1.807) is 0 Å². The van der Waals surface area contributed by atoms with E-state index in [1.807, 2.05) is 0 Å². The molecule has 4 atom stereocenters. The zero-order valence-corrected chi connectivity index (χ0v) is 10.0. The molecule has 1 fully saturated rings. The molecule has 0 aromatic heterocycles. The first-order valence-electron chi connectivity index (χ1n) is 5.82. The smallest absolute Gasteiger partial charge is 0.302 e. The lowest BCUT2D eigenvalue weighted by atomic mass is 9.78. The predicted octanol–water partition coefficient (Wildman–Crippen LogP) is 1.97. The first-order chi connectivity index (χ1) is 7.56. The number of aldehydes is 1. The molecule has 1 saturated carbocycles. The van der Waals surface area contributed by atoms with Crippen molar-refractivity contribution in [1.82, 2.24) is 0 Å². The van der Waals surface area contributed by atoms with Crippen molar-refractivity contribution in [2.24, 2.45) is 23.7 Å². The van der Waals surface area contributed by atoms with E-state index in [0.717, 1.165) is 12.7 Å². The van der Waals surface area contributed by atoms with Gasteiger partial charge in [-0.15, -0.1) is 0 Å². The Balaban J connectivity index is 2.14. The van der Waals surface area contributed by atoms with Crippen LogP contribution in [-0.4, -0.2) is 18.9 Å². The van der Waals surface area contributed by atoms with Crippen LogP contribution in [0.4, 0.5) is 0 Å². The molecule has 0 heterocycles. The molecule has 0 aromatic carbocycles. The first-order valence-corrected chi connectivity index (χ1v) is 5.82. The highest BCUT2D eigenvalue weighted by atomic mass is 16.5. The van der Waals surface area contributed by atoms with Crippen LogP contribution in [0.15, 0.2) is 11.1 Å². The summed E-state index contributed by atoms with van der Waals surface area (Å²) in [6, 6.07) is 0. The third kappa shape index (κ3) is 1.58. The second-order valence-electron chi connectivity index (χ2n) is 4.99. The minimum Gasteiger partial charge on any atom is -0.466 e. The normalized spacial score (nSPS) is 36.7. The second kappa shape index (κ2) is 4.04. The molecule has 2 aliphatic carbocycles. The van der Waals surface area contributed by atoms with Gasteiger partial charge >= 0.3 is 5.97 Å². The van der Waals surface area contributed by atoms with Gasteiger partial charge in [-0.3, -0.25) is 4.79 Å². The van der Waals surface area contributed by atoms with Crippen LogP contribution in [-0.2, 0) is 14.3 Å². The molecule has 0 aliphatic heterocycles. The fraction of sp³-hybridized carbons (Fsp3) is 0.692. The molecule has 0 unspecified atom stereocenters. The average Bonchev–Trinajstić information content (AvgIpc) is 2.73. The van der Waals surface area contributed by atoms with Gasteiger partial charge in [-0.1, -0.05) is 11.1 Å². The van der Waals surface area contributed by atoms with E-state index >= 15 is 0 Å². The summed E-state index contributed by atoms with van der Waals surface area (Å²) in [7, 11) is 0. The van der Waals surface area contributed by atoms with Gasteiger partial charge in [0.2, 0.25) is 0 Å². The molecule has 16 heavy (non-hydrogen) atoms. The number of rotatable bonds is 3. The first kappa shape index (κ1) is 11.4. The number of allylic oxidation sites excluding steroid dienone is 2. The number of esters is 1. The predicted molar refractivity (Wildman–Crippen MR) is 59.6 cm³/mol. The summed E-state index contributed by atoms with van der Waals surface area (Å²) in [5, 5.41) is 0. The third-order valence-corrected chi connectivity index (χ3v) is 4.35. The Bertz CT molecular complexity index is 354. The number of fused-ring (bicyclic) bond motifs is 2. The number of ether oxygens (including phenoxy) is 1. The van der Waals surface area contributed by atoms with Crippen LogP contribution in [0.5, 0.6) is 0 Å². The highest BCUT2D eigenvalue weighted by Gasteiger charge is 2.49. The molecule has 0 radical (unpaired) electrons. The van der Waals surface area contributed by atoms with Crippen LogP contribution >= 0.6 is 0 Å². The van der Waals surface area contributed by atoms with E-state index in [2.05, 4.69) is 13.8 Å². The molecular weight excluding hydrogens is 204 g/mol. The number of hydrogen-bond donors (Lipinski definition) is 0. The van der Waals surface area contributed by atoms with Crippen LogP contribution < -0.4 is 0 Å². The van der Waals surface area contributed by atoms with E-state index in [0.29, 0.717) is 18.4 Å². The van der Waals surface area contributed by atoms with Crippen molar-refractivity contribution in [3.05, 3.63) is 11.1 Å². The Labute approximate surface area is 95.9 Å². The molecule has 2 bridgehead atoms. The van der Waals surface area contributed by atoms with Gasteiger partial charge in [-0.25, -0.2) is 0 Å². The highest BCUT2D eigenvalue weighted by Crippen LogP contribution is 2.54. The summed E-state index contributed by atoms with van der Waals surface area (Å²) in [6.45, 7) is 6.07. The van der Waals surface area contributed by atoms with Crippen molar-refractivity contribution in [3.8, 4) is 0 Å². The molecular formula is C13H18O3. The van der Waals surface area contributed by atoms with Gasteiger partial charge in [-0.05, 0) is 32.1 Å². The molecule has 0 amide bonds. The largest absolute Gasteiger partial charge is 0.466 e. The van der Waals surface area contributed by atoms with E-state index in [9.17, 15) is 9.59 Å². The van der Waals surface area contributed by atoms with Crippen LogP contribution in [0.3, 0.4) is 0 Å². The lowest BCUT2D eigenvalue weighted by molar-refractivity contribution is -0.143. The van der Waals surface area contributed by atoms with Crippen molar-refractivity contribution >= 4 is 12.3 Å². The number of carbonyl (C=O) groups is 2. The summed E-state index contributed by atoms with van der Waals surface area (Å²) >= 11 is 0. The van der Waals surface area contributed by atoms with Crippen LogP contribution in [0.25, 0.3) is 0 Å². The minimum absolute atomic E-state index is 0.0491. The summed E-state index contributed by atoms with van der Waals surface area (Å²) in [5.74, 6) is 0.830. The fourth-order valence-electron chi connectivity index (χ4n) is 3.36. The standard InChI is InChI=1S/C13H18O3/c1-7-8(2)11-4-10(7)12(5-14)13(11)6-16-9(3)15/h5,10-13H,4,6H2,1-3H3/t10-,11+,12+,13-/m0/s1. The molecule has 3 heteroatoms. The summed E-state index contributed by atoms with van der Waals surface area (Å²) < 4.78 is 5.07. The SMILES string of the molecule is CC(=O)OC[C@@H]1[C@H](C=O)[C@H]2C[C@@H]1C(C)=C2C. The molecule has 0 spiro atoms. The molecule has 3 nitrogen and oxygen atoms in total. The Morgan fingerprint density at radius 2 is 2.00 bits per heavy atom. The zero-order chi connectivity index (χ0) is 11.9. The van der Waals surface area contributed by atoms with Crippen LogP contribution in [0, 0.1) is 23.7 Å². The Hall–Kier alpha value is -1.12. The van der Waals surface area contributed by atoms with Gasteiger partial charge in [0, 0.05) is 18.8 Å². The van der Waals surface area contributed by atoms with Gasteiger partial charge in [0.25, 0.3) is 0 Å². The van der Waals surface area contributed by atoms with Crippen molar-refractivity contribution in [3.63, 3.8) is 0 Å². The van der Waals surface area contributed by atoms with E-state index in [-0.39, 0.29) is 17.8 Å². The Morgan fingerprint density at radius 1 is 1.38 bits per heavy atom. The summed E-state index contributed by atoms with van der Waals surface area (Å²) in [4.78, 5) is 22.0. The van der Waals surface area contributed by atoms with Gasteiger partial charge in [0.15, 0.2) is 0 Å². The topological polar surface area (TPSA) is 43.4 Å². The quantitative estimate of drug-likeness (QED) is 0.416. The third-order valence-electron chi connectivity index (χ3n) is 4.35. The van der Waals surface area contributed by atoms with Gasteiger partial charge in [0.05, 0.1) is 6.61 Å². The Morgan fingerprint density at radius 3 is 2.56 bits per heavy atom. The van der Waals surface area contributed by atoms with E-state index < -0.39 is 0 Å². The van der Waals surface area contributed by atoms with Crippen LogP contribution in [0.2, 0.25) is 0 Å². The molecule has 2 aliphatic rings. The van der Waals surface area contributed by atoms with Gasteiger partial charge < -0.3 is 9.53 Å². The molecule has 0 aromatic rings. The lowest BCUT2D eigenvalue weighted by Crippen LogP contribution is -2.29. The minimum atomic E-state index is -0.259. The maximum Gasteiger partial charge on any atom is 0.302 e. The molecule has 0 saturated heterocycles. The summed E-state index contributed by atoms with van der Waals surface area (Å²) in [6.07, 6.45) is 2.11. The number of hydrogen-bond acceptors (Lipinski definition) is 3. The average molecular weight is 222 g/mol. The van der Waals surface area contributed by atoms with Crippen molar-refractivity contribution in [2.45, 2.75) is 27.2 Å². The highest BCUT2D eigenvalue weighted by molar-refractivity contribution is 5.66. The van der Waals surface area contributed by atoms with E-state index in [4.69, 9.17) is 4.74 Å². The molecule has 2 rings (SSSR count). The fourth-order valence-corrected chi connectivity index (χ4v) is 3.36. The zero-order valence-electron chi connectivity index (χ0n) is 10.0. The maximum atomic E-state index is 11.1. The molecule has 0 N–H and O–H groups in total. The monoisotopic (exact) mass is 222 g/mol. The number of carbonyl (C=O) groups excluding carboxylic acids is 2. The lowest BCUT2D eigenvalue weighted by Gasteiger charge is -2.28.